The molecule has 1 aromatic carbocycles. The van der Waals surface area contributed by atoms with E-state index in [1.54, 1.807) is 0 Å². The number of aliphatic hydroxyl groups is 2. The van der Waals surface area contributed by atoms with Crippen LogP contribution in [-0.4, -0.2) is 54.6 Å². The van der Waals surface area contributed by atoms with E-state index in [4.69, 9.17) is 19.3 Å². The Morgan fingerprint density at radius 3 is 2.43 bits per heavy atom. The molecule has 0 aliphatic carbocycles. The molecule has 1 aromatic rings. The molecule has 0 bridgehead atoms. The Bertz CT molecular complexity index is 607. The maximum atomic E-state index is 12.3. The SMILES string of the molecule is CC(C)c1cccc(C(C)C)c1OC(=O)NCCOC1CC(O)CC(CO)O1. The topological polar surface area (TPSA) is 97.3 Å². The molecular formula is C21H33NO6. The number of benzene rings is 1. The van der Waals surface area contributed by atoms with Crippen LogP contribution in [0.4, 0.5) is 4.79 Å². The van der Waals surface area contributed by atoms with Crippen molar-refractivity contribution >= 4 is 6.09 Å². The zero-order chi connectivity index (χ0) is 20.7. The van der Waals surface area contributed by atoms with Gasteiger partial charge in [-0.2, -0.15) is 0 Å². The molecule has 1 heterocycles. The highest BCUT2D eigenvalue weighted by Gasteiger charge is 2.28. The molecule has 0 spiro atoms. The first-order valence-electron chi connectivity index (χ1n) is 9.96. The van der Waals surface area contributed by atoms with Gasteiger partial charge in [-0.3, -0.25) is 0 Å². The number of carbonyl (C=O) groups excluding carboxylic acids is 1. The lowest BCUT2D eigenvalue weighted by Crippen LogP contribution is -2.40. The summed E-state index contributed by atoms with van der Waals surface area (Å²) < 4.78 is 16.7. The Morgan fingerprint density at radius 1 is 1.21 bits per heavy atom. The molecule has 3 atom stereocenters. The molecule has 1 saturated heterocycles. The summed E-state index contributed by atoms with van der Waals surface area (Å²) in [5.74, 6) is 1.09. The zero-order valence-electron chi connectivity index (χ0n) is 17.2. The van der Waals surface area contributed by atoms with Crippen LogP contribution in [-0.2, 0) is 9.47 Å². The summed E-state index contributed by atoms with van der Waals surface area (Å²) in [5, 5.41) is 21.6. The summed E-state index contributed by atoms with van der Waals surface area (Å²) in [6.45, 7) is 8.57. The molecule has 3 unspecified atom stereocenters. The van der Waals surface area contributed by atoms with Crippen LogP contribution in [0.15, 0.2) is 18.2 Å². The van der Waals surface area contributed by atoms with Crippen LogP contribution in [0, 0.1) is 0 Å². The number of rotatable bonds is 8. The first-order valence-corrected chi connectivity index (χ1v) is 9.96. The average molecular weight is 395 g/mol. The van der Waals surface area contributed by atoms with E-state index in [1.807, 2.05) is 18.2 Å². The smallest absolute Gasteiger partial charge is 0.410 e. The van der Waals surface area contributed by atoms with Gasteiger partial charge >= 0.3 is 6.09 Å². The molecule has 1 aliphatic rings. The average Bonchev–Trinajstić information content (AvgIpc) is 2.64. The molecule has 7 nitrogen and oxygen atoms in total. The first-order chi connectivity index (χ1) is 13.3. The number of amides is 1. The van der Waals surface area contributed by atoms with Crippen LogP contribution in [0.3, 0.4) is 0 Å². The van der Waals surface area contributed by atoms with Crippen molar-refractivity contribution in [3.05, 3.63) is 29.3 Å². The second-order valence-corrected chi connectivity index (χ2v) is 7.76. The van der Waals surface area contributed by atoms with Gasteiger partial charge in [0.1, 0.15) is 5.75 Å². The molecule has 1 aliphatic heterocycles. The minimum absolute atomic E-state index is 0.158. The maximum absolute atomic E-state index is 12.3. The molecule has 1 fully saturated rings. The van der Waals surface area contributed by atoms with Crippen LogP contribution in [0.1, 0.15) is 63.5 Å². The van der Waals surface area contributed by atoms with Crippen molar-refractivity contribution in [2.24, 2.45) is 0 Å². The Hall–Kier alpha value is -1.67. The standard InChI is InChI=1S/C21H33NO6/c1-13(2)17-6-5-7-18(14(3)4)20(17)28-21(25)22-8-9-26-19-11-15(24)10-16(12-23)27-19/h5-7,13-16,19,23-24H,8-12H2,1-4H3,(H,22,25). The molecule has 28 heavy (non-hydrogen) atoms. The van der Waals surface area contributed by atoms with Crippen LogP contribution < -0.4 is 10.1 Å². The highest BCUT2D eigenvalue weighted by atomic mass is 16.7. The van der Waals surface area contributed by atoms with E-state index < -0.39 is 24.6 Å². The Balaban J connectivity index is 1.85. The minimum atomic E-state index is -0.590. The predicted octanol–water partition coefficient (Wildman–Crippen LogP) is 2.90. The second kappa shape index (κ2) is 10.8. The third-order valence-corrected chi connectivity index (χ3v) is 4.74. The number of aliphatic hydroxyl groups excluding tert-OH is 2. The monoisotopic (exact) mass is 395 g/mol. The molecule has 7 heteroatoms. The van der Waals surface area contributed by atoms with Crippen molar-refractivity contribution in [1.82, 2.24) is 5.32 Å². The molecule has 0 aromatic heterocycles. The van der Waals surface area contributed by atoms with Gasteiger partial charge in [0.05, 0.1) is 25.4 Å². The summed E-state index contributed by atoms with van der Waals surface area (Å²) in [7, 11) is 0. The summed E-state index contributed by atoms with van der Waals surface area (Å²) >= 11 is 0. The van der Waals surface area contributed by atoms with Crippen molar-refractivity contribution in [1.29, 1.82) is 0 Å². The van der Waals surface area contributed by atoms with Crippen molar-refractivity contribution in [3.63, 3.8) is 0 Å². The molecule has 1 amide bonds. The van der Waals surface area contributed by atoms with Gasteiger partial charge in [-0.05, 0) is 23.0 Å². The summed E-state index contributed by atoms with van der Waals surface area (Å²) in [5.41, 5.74) is 1.99. The fourth-order valence-electron chi connectivity index (χ4n) is 3.25. The number of carbonyl (C=O) groups is 1. The van der Waals surface area contributed by atoms with Crippen LogP contribution in [0.25, 0.3) is 0 Å². The molecule has 0 radical (unpaired) electrons. The quantitative estimate of drug-likeness (QED) is 0.586. The Morgan fingerprint density at radius 2 is 1.86 bits per heavy atom. The largest absolute Gasteiger partial charge is 0.412 e. The predicted molar refractivity (Wildman–Crippen MR) is 106 cm³/mol. The Labute approximate surface area is 167 Å². The first kappa shape index (κ1) is 22.6. The summed E-state index contributed by atoms with van der Waals surface area (Å²) in [6, 6.07) is 5.94. The van der Waals surface area contributed by atoms with Gasteiger partial charge in [-0.1, -0.05) is 45.9 Å². The van der Waals surface area contributed by atoms with Gasteiger partial charge in [0.2, 0.25) is 0 Å². The van der Waals surface area contributed by atoms with Gasteiger partial charge in [-0.15, -0.1) is 0 Å². The molecule has 2 rings (SSSR count). The normalized spacial score (nSPS) is 22.5. The number of nitrogens with one attached hydrogen (secondary N) is 1. The number of ether oxygens (including phenoxy) is 3. The Kier molecular flexibility index (Phi) is 8.69. The highest BCUT2D eigenvalue weighted by Crippen LogP contribution is 2.34. The lowest BCUT2D eigenvalue weighted by atomic mass is 9.94. The van der Waals surface area contributed by atoms with Crippen LogP contribution in [0.5, 0.6) is 5.75 Å². The fourth-order valence-corrected chi connectivity index (χ4v) is 3.25. The number of para-hydroxylation sites is 1. The highest BCUT2D eigenvalue weighted by molar-refractivity contribution is 5.71. The lowest BCUT2D eigenvalue weighted by Gasteiger charge is -2.32. The van der Waals surface area contributed by atoms with E-state index in [9.17, 15) is 9.90 Å². The van der Waals surface area contributed by atoms with Gasteiger partial charge in [0, 0.05) is 19.4 Å². The van der Waals surface area contributed by atoms with Gasteiger partial charge in [-0.25, -0.2) is 4.79 Å². The molecule has 0 saturated carbocycles. The van der Waals surface area contributed by atoms with Crippen molar-refractivity contribution in [2.75, 3.05) is 19.8 Å². The van der Waals surface area contributed by atoms with Gasteiger partial charge in [0.25, 0.3) is 0 Å². The van der Waals surface area contributed by atoms with E-state index in [2.05, 4.69) is 33.0 Å². The van der Waals surface area contributed by atoms with Crippen molar-refractivity contribution in [2.45, 2.75) is 70.9 Å². The van der Waals surface area contributed by atoms with E-state index in [-0.39, 0.29) is 31.6 Å². The van der Waals surface area contributed by atoms with Crippen LogP contribution >= 0.6 is 0 Å². The van der Waals surface area contributed by atoms with E-state index in [1.165, 1.54) is 0 Å². The molecule has 158 valence electrons. The maximum Gasteiger partial charge on any atom is 0.412 e. The van der Waals surface area contributed by atoms with E-state index >= 15 is 0 Å². The minimum Gasteiger partial charge on any atom is -0.410 e. The van der Waals surface area contributed by atoms with Crippen LogP contribution in [0.2, 0.25) is 0 Å². The second-order valence-electron chi connectivity index (χ2n) is 7.76. The van der Waals surface area contributed by atoms with E-state index in [0.29, 0.717) is 18.6 Å². The van der Waals surface area contributed by atoms with Crippen molar-refractivity contribution < 1.29 is 29.2 Å². The zero-order valence-corrected chi connectivity index (χ0v) is 17.2. The fraction of sp³-hybridized carbons (Fsp3) is 0.667. The molecular weight excluding hydrogens is 362 g/mol. The third kappa shape index (κ3) is 6.44. The number of hydrogen-bond donors (Lipinski definition) is 3. The van der Waals surface area contributed by atoms with Crippen molar-refractivity contribution in [3.8, 4) is 5.75 Å². The lowest BCUT2D eigenvalue weighted by molar-refractivity contribution is -0.220. The summed E-state index contributed by atoms with van der Waals surface area (Å²) in [6.07, 6.45) is -1.36. The third-order valence-electron chi connectivity index (χ3n) is 4.74. The molecule has 3 N–H and O–H groups in total. The summed E-state index contributed by atoms with van der Waals surface area (Å²) in [4.78, 5) is 12.3. The van der Waals surface area contributed by atoms with Gasteiger partial charge in [0.15, 0.2) is 6.29 Å². The number of hydrogen-bond acceptors (Lipinski definition) is 6. The van der Waals surface area contributed by atoms with Gasteiger partial charge < -0.3 is 29.7 Å². The van der Waals surface area contributed by atoms with E-state index in [0.717, 1.165) is 11.1 Å².